The summed E-state index contributed by atoms with van der Waals surface area (Å²) in [6.07, 6.45) is 2.83. The molecule has 4 nitrogen and oxygen atoms in total. The minimum absolute atomic E-state index is 0.000375. The van der Waals surface area contributed by atoms with Crippen LogP contribution in [0.1, 0.15) is 29.9 Å². The fourth-order valence-corrected chi connectivity index (χ4v) is 3.04. The molecule has 0 atom stereocenters. The molecule has 0 aliphatic carbocycles. The van der Waals surface area contributed by atoms with E-state index in [2.05, 4.69) is 16.8 Å². The first-order chi connectivity index (χ1) is 8.56. The molecule has 2 heterocycles. The largest absolute Gasteiger partial charge is 0.397 e. The number of hydrogen-bond donors (Lipinski definition) is 1. The highest BCUT2D eigenvalue weighted by atomic mass is 32.1. The van der Waals surface area contributed by atoms with Crippen LogP contribution in [-0.4, -0.2) is 24.4 Å². The van der Waals surface area contributed by atoms with Crippen LogP contribution in [0.25, 0.3) is 10.2 Å². The van der Waals surface area contributed by atoms with E-state index in [9.17, 15) is 4.79 Å². The van der Waals surface area contributed by atoms with E-state index in [1.807, 2.05) is 13.1 Å². The van der Waals surface area contributed by atoms with Crippen molar-refractivity contribution in [3.05, 3.63) is 17.1 Å². The van der Waals surface area contributed by atoms with Gasteiger partial charge in [-0.3, -0.25) is 4.79 Å². The zero-order valence-corrected chi connectivity index (χ0v) is 11.7. The van der Waals surface area contributed by atoms with Crippen molar-refractivity contribution in [1.29, 1.82) is 0 Å². The Labute approximate surface area is 110 Å². The van der Waals surface area contributed by atoms with Crippen LogP contribution < -0.4 is 10.6 Å². The number of carbonyl (C=O) groups excluding carboxylic acids is 1. The van der Waals surface area contributed by atoms with Gasteiger partial charge in [-0.05, 0) is 12.5 Å². The third kappa shape index (κ3) is 2.06. The molecular formula is C13H17N3OS. The highest BCUT2D eigenvalue weighted by Crippen LogP contribution is 2.38. The van der Waals surface area contributed by atoms with Crippen LogP contribution in [0.5, 0.6) is 0 Å². The molecule has 0 aromatic carbocycles. The molecular weight excluding hydrogens is 246 g/mol. The van der Waals surface area contributed by atoms with Crippen LogP contribution in [-0.2, 0) is 0 Å². The number of ketones is 1. The van der Waals surface area contributed by atoms with Crippen LogP contribution in [0.15, 0.2) is 12.3 Å². The van der Waals surface area contributed by atoms with Crippen molar-refractivity contribution in [2.24, 2.45) is 0 Å². The number of nitrogens with two attached hydrogens (primary N) is 1. The number of pyridine rings is 1. The third-order valence-corrected chi connectivity index (χ3v) is 4.11. The lowest BCUT2D eigenvalue weighted by Crippen LogP contribution is -2.18. The topological polar surface area (TPSA) is 59.2 Å². The molecule has 0 amide bonds. The van der Waals surface area contributed by atoms with Crippen molar-refractivity contribution in [1.82, 2.24) is 4.98 Å². The van der Waals surface area contributed by atoms with E-state index in [0.717, 1.165) is 28.9 Å². The summed E-state index contributed by atoms with van der Waals surface area (Å²) >= 11 is 1.37. The Hall–Kier alpha value is -1.62. The van der Waals surface area contributed by atoms with Crippen molar-refractivity contribution in [3.63, 3.8) is 0 Å². The number of Topliss-reactive ketones (excluding diaryl/α,β-unsaturated/α-hetero) is 1. The zero-order valence-electron chi connectivity index (χ0n) is 10.9. The minimum atomic E-state index is -0.000375. The van der Waals surface area contributed by atoms with Gasteiger partial charge in [0.05, 0.1) is 21.6 Å². The third-order valence-electron chi connectivity index (χ3n) is 2.90. The van der Waals surface area contributed by atoms with Gasteiger partial charge >= 0.3 is 0 Å². The molecule has 0 radical (unpaired) electrons. The first-order valence-electron chi connectivity index (χ1n) is 5.95. The molecule has 2 N–H and O–H groups in total. The average Bonchev–Trinajstić information content (AvgIpc) is 2.67. The second-order valence-electron chi connectivity index (χ2n) is 4.33. The molecule has 2 rings (SSSR count). The second kappa shape index (κ2) is 4.94. The summed E-state index contributed by atoms with van der Waals surface area (Å²) in [5.74, 6) is -0.000375. The molecule has 0 saturated carbocycles. The lowest BCUT2D eigenvalue weighted by Gasteiger charge is -2.19. The standard InChI is InChI=1S/C13H17N3OS/c1-4-7-16(3)9-5-6-15-13-10(9)11(14)12(18-13)8(2)17/h5-6H,4,7,14H2,1-3H3. The smallest absolute Gasteiger partial charge is 0.171 e. The van der Waals surface area contributed by atoms with E-state index in [4.69, 9.17) is 5.73 Å². The maximum absolute atomic E-state index is 11.5. The van der Waals surface area contributed by atoms with E-state index in [-0.39, 0.29) is 5.78 Å². The summed E-state index contributed by atoms with van der Waals surface area (Å²) in [4.78, 5) is 19.4. The normalized spacial score (nSPS) is 10.8. The molecule has 0 unspecified atom stereocenters. The quantitative estimate of drug-likeness (QED) is 0.862. The lowest BCUT2D eigenvalue weighted by atomic mass is 10.2. The molecule has 0 bridgehead atoms. The van der Waals surface area contributed by atoms with Crippen LogP contribution in [0.2, 0.25) is 0 Å². The highest BCUT2D eigenvalue weighted by molar-refractivity contribution is 7.21. The van der Waals surface area contributed by atoms with Crippen LogP contribution >= 0.6 is 11.3 Å². The zero-order chi connectivity index (χ0) is 13.3. The predicted molar refractivity (Wildman–Crippen MR) is 77.6 cm³/mol. The van der Waals surface area contributed by atoms with Gasteiger partial charge < -0.3 is 10.6 Å². The average molecular weight is 263 g/mol. The number of fused-ring (bicyclic) bond motifs is 1. The van der Waals surface area contributed by atoms with Gasteiger partial charge in [-0.1, -0.05) is 6.92 Å². The molecule has 5 heteroatoms. The number of hydrogen-bond acceptors (Lipinski definition) is 5. The molecule has 2 aromatic rings. The Bertz CT molecular complexity index is 591. The summed E-state index contributed by atoms with van der Waals surface area (Å²) in [6, 6.07) is 1.95. The van der Waals surface area contributed by atoms with Gasteiger partial charge in [-0.2, -0.15) is 0 Å². The van der Waals surface area contributed by atoms with Crippen molar-refractivity contribution in [3.8, 4) is 0 Å². The van der Waals surface area contributed by atoms with Crippen molar-refractivity contribution < 1.29 is 4.79 Å². The fraction of sp³-hybridized carbons (Fsp3) is 0.385. The second-order valence-corrected chi connectivity index (χ2v) is 5.33. The SMILES string of the molecule is CCCN(C)c1ccnc2sc(C(C)=O)c(N)c12. The number of thiophene rings is 1. The summed E-state index contributed by atoms with van der Waals surface area (Å²) < 4.78 is 0. The van der Waals surface area contributed by atoms with E-state index in [1.165, 1.54) is 18.3 Å². The Morgan fingerprint density at radius 2 is 2.28 bits per heavy atom. The molecule has 0 saturated heterocycles. The van der Waals surface area contributed by atoms with E-state index >= 15 is 0 Å². The molecule has 0 fully saturated rings. The van der Waals surface area contributed by atoms with E-state index in [1.54, 1.807) is 6.20 Å². The first kappa shape index (κ1) is 12.8. The Balaban J connectivity index is 2.65. The number of rotatable bonds is 4. The van der Waals surface area contributed by atoms with Crippen LogP contribution in [0, 0.1) is 0 Å². The van der Waals surface area contributed by atoms with E-state index < -0.39 is 0 Å². The predicted octanol–water partition coefficient (Wildman–Crippen LogP) is 2.93. The molecule has 0 aliphatic heterocycles. The summed E-state index contributed by atoms with van der Waals surface area (Å²) in [7, 11) is 2.03. The summed E-state index contributed by atoms with van der Waals surface area (Å²) in [5, 5.41) is 0.906. The van der Waals surface area contributed by atoms with Gasteiger partial charge in [-0.15, -0.1) is 11.3 Å². The number of aromatic nitrogens is 1. The monoisotopic (exact) mass is 263 g/mol. The van der Waals surface area contributed by atoms with Gasteiger partial charge in [0.1, 0.15) is 4.83 Å². The number of carbonyl (C=O) groups is 1. The Kier molecular flexibility index (Phi) is 3.52. The lowest BCUT2D eigenvalue weighted by molar-refractivity contribution is 0.102. The number of nitrogen functional groups attached to an aromatic ring is 1. The molecule has 0 aliphatic rings. The van der Waals surface area contributed by atoms with Crippen molar-refractivity contribution in [2.75, 3.05) is 24.2 Å². The first-order valence-corrected chi connectivity index (χ1v) is 6.77. The van der Waals surface area contributed by atoms with Crippen molar-refractivity contribution >= 4 is 38.7 Å². The fourth-order valence-electron chi connectivity index (χ4n) is 2.06. The van der Waals surface area contributed by atoms with Gasteiger partial charge in [-0.25, -0.2) is 4.98 Å². The van der Waals surface area contributed by atoms with Crippen molar-refractivity contribution in [2.45, 2.75) is 20.3 Å². The van der Waals surface area contributed by atoms with Gasteiger partial charge in [0.15, 0.2) is 5.78 Å². The molecule has 18 heavy (non-hydrogen) atoms. The molecule has 96 valence electrons. The minimum Gasteiger partial charge on any atom is -0.397 e. The van der Waals surface area contributed by atoms with Gasteiger partial charge in [0, 0.05) is 26.7 Å². The highest BCUT2D eigenvalue weighted by Gasteiger charge is 2.18. The van der Waals surface area contributed by atoms with E-state index in [0.29, 0.717) is 10.6 Å². The summed E-state index contributed by atoms with van der Waals surface area (Å²) in [5.41, 5.74) is 7.71. The maximum Gasteiger partial charge on any atom is 0.171 e. The van der Waals surface area contributed by atoms with Gasteiger partial charge in [0.25, 0.3) is 0 Å². The summed E-state index contributed by atoms with van der Waals surface area (Å²) in [6.45, 7) is 4.62. The number of anilines is 2. The maximum atomic E-state index is 11.5. The Morgan fingerprint density at radius 1 is 1.56 bits per heavy atom. The Morgan fingerprint density at radius 3 is 2.89 bits per heavy atom. The molecule has 0 spiro atoms. The molecule has 2 aromatic heterocycles. The van der Waals surface area contributed by atoms with Crippen LogP contribution in [0.3, 0.4) is 0 Å². The van der Waals surface area contributed by atoms with Crippen LogP contribution in [0.4, 0.5) is 11.4 Å². The number of nitrogens with zero attached hydrogens (tertiary/aromatic N) is 2. The van der Waals surface area contributed by atoms with Gasteiger partial charge in [0.2, 0.25) is 0 Å².